The first-order chi connectivity index (χ1) is 14.8. The van der Waals surface area contributed by atoms with Crippen LogP contribution in [0.4, 0.5) is 5.69 Å². The fourth-order valence-corrected chi connectivity index (χ4v) is 4.53. The van der Waals surface area contributed by atoms with E-state index >= 15 is 0 Å². The van der Waals surface area contributed by atoms with Crippen LogP contribution in [-0.4, -0.2) is 25.1 Å². The number of anilines is 1. The largest absolute Gasteiger partial charge is 0.497 e. The van der Waals surface area contributed by atoms with Gasteiger partial charge in [-0.15, -0.1) is 0 Å². The molecule has 0 saturated heterocycles. The van der Waals surface area contributed by atoms with Crippen molar-refractivity contribution in [3.05, 3.63) is 87.9 Å². The lowest BCUT2D eigenvalue weighted by Gasteiger charge is -2.14. The molecule has 7 nitrogen and oxygen atoms in total. The molecule has 0 unspecified atom stereocenters. The number of methoxy groups -OCH3 is 1. The maximum atomic E-state index is 13.1. The normalized spacial score (nSPS) is 11.5. The Hall–Kier alpha value is -3.36. The molecule has 158 valence electrons. The standard InChI is InChI=1S/C22H18ClN3O4S/c1-14-24-20-6-4-3-5-18(20)22(27)26(14)15-7-12-19(23)21(13-15)25-31(28,29)17-10-8-16(30-2)9-11-17/h3-13,25H,1-2H3. The van der Waals surface area contributed by atoms with Gasteiger partial charge in [0.05, 0.1) is 39.3 Å². The third kappa shape index (κ3) is 3.99. The number of benzene rings is 3. The number of rotatable bonds is 5. The number of fused-ring (bicyclic) bond motifs is 1. The van der Waals surface area contributed by atoms with E-state index in [0.717, 1.165) is 0 Å². The second-order valence-electron chi connectivity index (χ2n) is 6.76. The summed E-state index contributed by atoms with van der Waals surface area (Å²) < 4.78 is 34.6. The van der Waals surface area contributed by atoms with E-state index < -0.39 is 10.0 Å². The van der Waals surface area contributed by atoms with Gasteiger partial charge in [-0.2, -0.15) is 0 Å². The van der Waals surface area contributed by atoms with Crippen LogP contribution < -0.4 is 15.0 Å². The van der Waals surface area contributed by atoms with Gasteiger partial charge in [-0.25, -0.2) is 13.4 Å². The van der Waals surface area contributed by atoms with E-state index in [2.05, 4.69) is 9.71 Å². The summed E-state index contributed by atoms with van der Waals surface area (Å²) in [5.74, 6) is 1.01. The summed E-state index contributed by atoms with van der Waals surface area (Å²) in [6.45, 7) is 1.71. The summed E-state index contributed by atoms with van der Waals surface area (Å²) in [7, 11) is -2.41. The molecule has 0 fully saturated rings. The van der Waals surface area contributed by atoms with Crippen molar-refractivity contribution in [2.45, 2.75) is 11.8 Å². The third-order valence-electron chi connectivity index (χ3n) is 4.77. The van der Waals surface area contributed by atoms with E-state index in [1.807, 2.05) is 6.07 Å². The molecular weight excluding hydrogens is 438 g/mol. The minimum Gasteiger partial charge on any atom is -0.497 e. The molecule has 1 N–H and O–H groups in total. The molecule has 4 rings (SSSR count). The zero-order valence-corrected chi connectivity index (χ0v) is 18.2. The van der Waals surface area contributed by atoms with E-state index in [9.17, 15) is 13.2 Å². The highest BCUT2D eigenvalue weighted by Crippen LogP contribution is 2.28. The minimum atomic E-state index is -3.91. The van der Waals surface area contributed by atoms with Crippen LogP contribution in [0.3, 0.4) is 0 Å². The summed E-state index contributed by atoms with van der Waals surface area (Å²) in [6.07, 6.45) is 0. The topological polar surface area (TPSA) is 90.3 Å². The van der Waals surface area contributed by atoms with E-state index in [4.69, 9.17) is 16.3 Å². The molecule has 0 spiro atoms. The first kappa shape index (κ1) is 20.9. The zero-order valence-electron chi connectivity index (χ0n) is 16.7. The summed E-state index contributed by atoms with van der Waals surface area (Å²) in [4.78, 5) is 17.6. The SMILES string of the molecule is COc1ccc(S(=O)(=O)Nc2cc(-n3c(C)nc4ccccc4c3=O)ccc2Cl)cc1. The molecule has 0 radical (unpaired) electrons. The molecule has 0 atom stereocenters. The second-order valence-corrected chi connectivity index (χ2v) is 8.85. The van der Waals surface area contributed by atoms with E-state index in [1.54, 1.807) is 43.3 Å². The van der Waals surface area contributed by atoms with Gasteiger partial charge < -0.3 is 4.74 Å². The van der Waals surface area contributed by atoms with Crippen molar-refractivity contribution in [3.63, 3.8) is 0 Å². The molecule has 4 aromatic rings. The highest BCUT2D eigenvalue weighted by molar-refractivity contribution is 7.92. The van der Waals surface area contributed by atoms with Gasteiger partial charge in [-0.3, -0.25) is 14.1 Å². The molecule has 1 aromatic heterocycles. The van der Waals surface area contributed by atoms with Crippen LogP contribution in [0.15, 0.2) is 76.4 Å². The highest BCUT2D eigenvalue weighted by Gasteiger charge is 2.18. The Morgan fingerprint density at radius 2 is 1.74 bits per heavy atom. The van der Waals surface area contributed by atoms with Crippen LogP contribution in [0.5, 0.6) is 5.75 Å². The molecule has 0 aliphatic carbocycles. The Morgan fingerprint density at radius 1 is 1.03 bits per heavy atom. The Balaban J connectivity index is 1.78. The van der Waals surface area contributed by atoms with Crippen molar-refractivity contribution in [2.75, 3.05) is 11.8 Å². The molecule has 0 bridgehead atoms. The number of para-hydroxylation sites is 1. The second kappa shape index (κ2) is 8.05. The first-order valence-electron chi connectivity index (χ1n) is 9.25. The lowest BCUT2D eigenvalue weighted by atomic mass is 10.2. The molecule has 0 aliphatic heterocycles. The summed E-state index contributed by atoms with van der Waals surface area (Å²) in [6, 6.07) is 17.7. The molecule has 0 amide bonds. The van der Waals surface area contributed by atoms with Crippen molar-refractivity contribution in [1.29, 1.82) is 0 Å². The number of ether oxygens (including phenoxy) is 1. The summed E-state index contributed by atoms with van der Waals surface area (Å²) in [5, 5.41) is 0.656. The van der Waals surface area contributed by atoms with Crippen LogP contribution in [0.1, 0.15) is 5.82 Å². The Kier molecular flexibility index (Phi) is 5.43. The van der Waals surface area contributed by atoms with Crippen LogP contribution in [0.2, 0.25) is 5.02 Å². The Bertz CT molecular complexity index is 1450. The van der Waals surface area contributed by atoms with Gasteiger partial charge in [0.2, 0.25) is 0 Å². The predicted molar refractivity (Wildman–Crippen MR) is 121 cm³/mol. The van der Waals surface area contributed by atoms with Crippen molar-refractivity contribution in [2.24, 2.45) is 0 Å². The maximum absolute atomic E-state index is 13.1. The first-order valence-corrected chi connectivity index (χ1v) is 11.1. The molecule has 0 saturated carbocycles. The van der Waals surface area contributed by atoms with Crippen molar-refractivity contribution in [1.82, 2.24) is 9.55 Å². The number of sulfonamides is 1. The molecule has 31 heavy (non-hydrogen) atoms. The number of aryl methyl sites for hydroxylation is 1. The Labute approximate surface area is 183 Å². The predicted octanol–water partition coefficient (Wildman–Crippen LogP) is 4.16. The van der Waals surface area contributed by atoms with Crippen molar-refractivity contribution in [3.8, 4) is 11.4 Å². The number of aromatic nitrogens is 2. The number of hydrogen-bond acceptors (Lipinski definition) is 5. The summed E-state index contributed by atoms with van der Waals surface area (Å²) in [5.41, 5.74) is 0.928. The van der Waals surface area contributed by atoms with Crippen LogP contribution in [0, 0.1) is 6.92 Å². The van der Waals surface area contributed by atoms with Gasteiger partial charge in [0.25, 0.3) is 15.6 Å². The van der Waals surface area contributed by atoms with Crippen LogP contribution in [0.25, 0.3) is 16.6 Å². The monoisotopic (exact) mass is 455 g/mol. The molecular formula is C22H18ClN3O4S. The zero-order chi connectivity index (χ0) is 22.2. The van der Waals surface area contributed by atoms with Gasteiger partial charge in [0.15, 0.2) is 0 Å². The van der Waals surface area contributed by atoms with Gasteiger partial charge >= 0.3 is 0 Å². The van der Waals surface area contributed by atoms with Crippen molar-refractivity contribution >= 4 is 38.2 Å². The smallest absolute Gasteiger partial charge is 0.265 e. The van der Waals surface area contributed by atoms with Gasteiger partial charge in [-0.05, 0) is 61.5 Å². The van der Waals surface area contributed by atoms with Crippen LogP contribution >= 0.6 is 11.6 Å². The average molecular weight is 456 g/mol. The van der Waals surface area contributed by atoms with E-state index in [1.165, 1.54) is 35.9 Å². The number of nitrogens with zero attached hydrogens (tertiary/aromatic N) is 2. The quantitative estimate of drug-likeness (QED) is 0.488. The van der Waals surface area contributed by atoms with Crippen LogP contribution in [-0.2, 0) is 10.0 Å². The number of nitrogens with one attached hydrogen (secondary N) is 1. The fraction of sp³-hybridized carbons (Fsp3) is 0.0909. The molecule has 1 heterocycles. The molecule has 3 aromatic carbocycles. The number of halogens is 1. The minimum absolute atomic E-state index is 0.0514. The maximum Gasteiger partial charge on any atom is 0.265 e. The average Bonchev–Trinajstić information content (AvgIpc) is 2.76. The molecule has 9 heteroatoms. The van der Waals surface area contributed by atoms with E-state index in [-0.39, 0.29) is 21.2 Å². The third-order valence-corrected chi connectivity index (χ3v) is 6.48. The van der Waals surface area contributed by atoms with Gasteiger partial charge in [0.1, 0.15) is 11.6 Å². The highest BCUT2D eigenvalue weighted by atomic mass is 35.5. The summed E-state index contributed by atoms with van der Waals surface area (Å²) >= 11 is 6.25. The lowest BCUT2D eigenvalue weighted by molar-refractivity contribution is 0.414. The van der Waals surface area contributed by atoms with E-state index in [0.29, 0.717) is 28.2 Å². The lowest BCUT2D eigenvalue weighted by Crippen LogP contribution is -2.22. The van der Waals surface area contributed by atoms with Gasteiger partial charge in [-0.1, -0.05) is 23.7 Å². The van der Waals surface area contributed by atoms with Crippen molar-refractivity contribution < 1.29 is 13.2 Å². The Morgan fingerprint density at radius 3 is 2.45 bits per heavy atom. The number of hydrogen-bond donors (Lipinski definition) is 1. The molecule has 0 aliphatic rings. The fourth-order valence-electron chi connectivity index (χ4n) is 3.24. The van der Waals surface area contributed by atoms with Gasteiger partial charge in [0, 0.05) is 0 Å².